The molecule has 6 heteroatoms. The highest BCUT2D eigenvalue weighted by molar-refractivity contribution is 6.00. The summed E-state index contributed by atoms with van der Waals surface area (Å²) in [5.74, 6) is 0.796. The predicted molar refractivity (Wildman–Crippen MR) is 88.0 cm³/mol. The lowest BCUT2D eigenvalue weighted by molar-refractivity contribution is 0.414. The average Bonchev–Trinajstić information content (AvgIpc) is 2.99. The first kappa shape index (κ1) is 13.6. The Balaban J connectivity index is 2.00. The lowest BCUT2D eigenvalue weighted by Crippen LogP contribution is -1.99. The monoisotopic (exact) mass is 305 g/mol. The number of nitrogens with zero attached hydrogens (tertiary/aromatic N) is 5. The molecule has 0 amide bonds. The van der Waals surface area contributed by atoms with Gasteiger partial charge in [-0.3, -0.25) is 4.98 Å². The maximum absolute atomic E-state index is 5.19. The van der Waals surface area contributed by atoms with Gasteiger partial charge in [-0.15, -0.1) is 5.10 Å². The molecule has 23 heavy (non-hydrogen) atoms. The van der Waals surface area contributed by atoms with E-state index in [9.17, 15) is 0 Å². The Morgan fingerprint density at radius 3 is 2.43 bits per heavy atom. The van der Waals surface area contributed by atoms with Crippen molar-refractivity contribution in [2.24, 2.45) is 0 Å². The number of hydrogen-bond acceptors (Lipinski definition) is 5. The summed E-state index contributed by atoms with van der Waals surface area (Å²) in [5, 5.41) is 9.57. The van der Waals surface area contributed by atoms with Crippen LogP contribution in [0.15, 0.2) is 36.4 Å². The van der Waals surface area contributed by atoms with E-state index in [2.05, 4.69) is 20.3 Å². The van der Waals surface area contributed by atoms with Gasteiger partial charge in [0.15, 0.2) is 11.2 Å². The van der Waals surface area contributed by atoms with Crippen LogP contribution in [0.25, 0.3) is 27.8 Å². The highest BCUT2D eigenvalue weighted by Gasteiger charge is 2.14. The van der Waals surface area contributed by atoms with Crippen LogP contribution in [0.5, 0.6) is 5.75 Å². The molecule has 4 aromatic rings. The van der Waals surface area contributed by atoms with Crippen LogP contribution in [-0.2, 0) is 0 Å². The van der Waals surface area contributed by atoms with Crippen LogP contribution in [0.1, 0.15) is 11.4 Å². The second-order valence-electron chi connectivity index (χ2n) is 5.42. The van der Waals surface area contributed by atoms with Gasteiger partial charge >= 0.3 is 0 Å². The van der Waals surface area contributed by atoms with Crippen LogP contribution in [0.3, 0.4) is 0 Å². The van der Waals surface area contributed by atoms with Gasteiger partial charge in [-0.2, -0.15) is 4.68 Å². The largest absolute Gasteiger partial charge is 0.497 e. The van der Waals surface area contributed by atoms with E-state index in [1.165, 1.54) is 0 Å². The molecule has 0 aliphatic heterocycles. The van der Waals surface area contributed by atoms with Crippen LogP contribution < -0.4 is 4.74 Å². The van der Waals surface area contributed by atoms with Crippen LogP contribution >= 0.6 is 0 Å². The van der Waals surface area contributed by atoms with Gasteiger partial charge in [0.2, 0.25) is 0 Å². The van der Waals surface area contributed by atoms with E-state index in [1.54, 1.807) is 11.8 Å². The van der Waals surface area contributed by atoms with Gasteiger partial charge in [-0.25, -0.2) is 4.98 Å². The molecule has 6 nitrogen and oxygen atoms in total. The van der Waals surface area contributed by atoms with E-state index in [1.807, 2.05) is 50.2 Å². The number of aromatic nitrogens is 5. The van der Waals surface area contributed by atoms with Crippen LogP contribution in [0.4, 0.5) is 0 Å². The fraction of sp³-hybridized carbons (Fsp3) is 0.176. The molecule has 0 unspecified atom stereocenters. The summed E-state index contributed by atoms with van der Waals surface area (Å²) < 4.78 is 6.92. The third-order valence-corrected chi connectivity index (χ3v) is 3.89. The van der Waals surface area contributed by atoms with E-state index in [-0.39, 0.29) is 0 Å². The zero-order valence-corrected chi connectivity index (χ0v) is 13.1. The van der Waals surface area contributed by atoms with Crippen molar-refractivity contribution in [1.82, 2.24) is 25.0 Å². The first-order valence-corrected chi connectivity index (χ1v) is 7.31. The van der Waals surface area contributed by atoms with Gasteiger partial charge in [0.1, 0.15) is 11.3 Å². The Hall–Kier alpha value is -3.02. The number of pyridine rings is 2. The van der Waals surface area contributed by atoms with Gasteiger partial charge in [0.05, 0.1) is 12.8 Å². The van der Waals surface area contributed by atoms with Crippen molar-refractivity contribution in [2.75, 3.05) is 7.11 Å². The number of ether oxygens (including phenoxy) is 1. The summed E-state index contributed by atoms with van der Waals surface area (Å²) >= 11 is 0. The van der Waals surface area contributed by atoms with Crippen molar-refractivity contribution in [2.45, 2.75) is 13.8 Å². The lowest BCUT2D eigenvalue weighted by atomic mass is 10.2. The Labute approximate surface area is 132 Å². The minimum atomic E-state index is 0.707. The highest BCUT2D eigenvalue weighted by atomic mass is 16.5. The quantitative estimate of drug-likeness (QED) is 0.569. The molecule has 0 aliphatic rings. The summed E-state index contributed by atoms with van der Waals surface area (Å²) in [6.45, 7) is 3.94. The molecule has 3 heterocycles. The normalized spacial score (nSPS) is 11.3. The summed E-state index contributed by atoms with van der Waals surface area (Å²) in [7, 11) is 1.64. The molecule has 0 spiro atoms. The maximum atomic E-state index is 5.19. The molecule has 0 aliphatic carbocycles. The summed E-state index contributed by atoms with van der Waals surface area (Å²) in [5.41, 5.74) is 5.00. The van der Waals surface area contributed by atoms with Gasteiger partial charge in [0, 0.05) is 16.8 Å². The van der Waals surface area contributed by atoms with Crippen molar-refractivity contribution >= 4 is 22.1 Å². The third kappa shape index (κ3) is 2.11. The minimum Gasteiger partial charge on any atom is -0.497 e. The number of benzene rings is 1. The number of methoxy groups -OCH3 is 1. The minimum absolute atomic E-state index is 0.707. The molecule has 0 saturated heterocycles. The first-order valence-electron chi connectivity index (χ1n) is 7.31. The van der Waals surface area contributed by atoms with Crippen LogP contribution in [-0.4, -0.2) is 32.1 Å². The molecule has 4 rings (SSSR count). The van der Waals surface area contributed by atoms with E-state index in [0.717, 1.165) is 33.7 Å². The van der Waals surface area contributed by atoms with Crippen molar-refractivity contribution in [3.05, 3.63) is 47.8 Å². The Morgan fingerprint density at radius 2 is 1.70 bits per heavy atom. The summed E-state index contributed by atoms with van der Waals surface area (Å²) in [6.07, 6.45) is 0. The second-order valence-corrected chi connectivity index (χ2v) is 5.42. The maximum Gasteiger partial charge on any atom is 0.186 e. The highest BCUT2D eigenvalue weighted by Crippen LogP contribution is 2.25. The molecular weight excluding hydrogens is 290 g/mol. The Bertz CT molecular complexity index is 1020. The average molecular weight is 305 g/mol. The number of rotatable bonds is 2. The molecule has 114 valence electrons. The molecule has 0 bridgehead atoms. The van der Waals surface area contributed by atoms with Crippen molar-refractivity contribution < 1.29 is 4.74 Å². The molecule has 0 N–H and O–H groups in total. The van der Waals surface area contributed by atoms with Gasteiger partial charge in [0.25, 0.3) is 0 Å². The van der Waals surface area contributed by atoms with Crippen molar-refractivity contribution in [3.8, 4) is 11.4 Å². The second kappa shape index (κ2) is 5.01. The molecule has 3 aromatic heterocycles. The molecule has 0 atom stereocenters. The van der Waals surface area contributed by atoms with Gasteiger partial charge in [-0.05, 0) is 50.2 Å². The van der Waals surface area contributed by atoms with Crippen LogP contribution in [0.2, 0.25) is 0 Å². The number of fused-ring (bicyclic) bond motifs is 3. The zero-order chi connectivity index (χ0) is 16.0. The van der Waals surface area contributed by atoms with E-state index in [4.69, 9.17) is 4.74 Å². The molecule has 0 radical (unpaired) electrons. The molecule has 0 fully saturated rings. The van der Waals surface area contributed by atoms with Crippen LogP contribution in [0, 0.1) is 13.8 Å². The fourth-order valence-corrected chi connectivity index (χ4v) is 2.68. The van der Waals surface area contributed by atoms with Crippen molar-refractivity contribution in [1.29, 1.82) is 0 Å². The topological polar surface area (TPSA) is 65.7 Å². The smallest absolute Gasteiger partial charge is 0.186 e. The molecule has 0 saturated carbocycles. The summed E-state index contributed by atoms with van der Waals surface area (Å²) in [6, 6.07) is 11.6. The summed E-state index contributed by atoms with van der Waals surface area (Å²) in [4.78, 5) is 9.30. The Kier molecular flexibility index (Phi) is 2.97. The van der Waals surface area contributed by atoms with E-state index >= 15 is 0 Å². The van der Waals surface area contributed by atoms with Gasteiger partial charge in [-0.1, -0.05) is 5.21 Å². The standard InChI is InChI=1S/C17H15N5O/c1-10-4-9-14-11(2)19-17-16(15(14)18-10)20-21-22(17)12-5-7-13(23-3)8-6-12/h4-9H,1-3H3. The van der Waals surface area contributed by atoms with E-state index in [0.29, 0.717) is 11.2 Å². The third-order valence-electron chi connectivity index (χ3n) is 3.89. The van der Waals surface area contributed by atoms with Crippen molar-refractivity contribution in [3.63, 3.8) is 0 Å². The number of hydrogen-bond donors (Lipinski definition) is 0. The van der Waals surface area contributed by atoms with Gasteiger partial charge < -0.3 is 4.74 Å². The molecular formula is C17H15N5O. The number of aryl methyl sites for hydroxylation is 2. The first-order chi connectivity index (χ1) is 11.2. The van der Waals surface area contributed by atoms with E-state index < -0.39 is 0 Å². The predicted octanol–water partition coefficient (Wildman–Crippen LogP) is 2.99. The Morgan fingerprint density at radius 1 is 0.913 bits per heavy atom. The molecule has 1 aromatic carbocycles. The lowest BCUT2D eigenvalue weighted by Gasteiger charge is -2.06. The fourth-order valence-electron chi connectivity index (χ4n) is 2.68. The SMILES string of the molecule is COc1ccc(-n2nnc3c4nc(C)ccc4c(C)nc32)cc1. The zero-order valence-electron chi connectivity index (χ0n) is 13.1.